The smallest absolute Gasteiger partial charge is 0.255 e. The lowest BCUT2D eigenvalue weighted by molar-refractivity contribution is 0.102. The van der Waals surface area contributed by atoms with Crippen molar-refractivity contribution in [2.45, 2.75) is 6.92 Å². The number of amides is 1. The number of nitrogens with one attached hydrogen (secondary N) is 1. The van der Waals surface area contributed by atoms with Crippen molar-refractivity contribution in [1.29, 1.82) is 0 Å². The van der Waals surface area contributed by atoms with Crippen molar-refractivity contribution < 1.29 is 4.79 Å². The standard InChI is InChI=1S/C14H13N3OS/c1-9-8-12(6-7-16-9)17-14(18)11-4-2-10(3-5-11)13(15)19/h2-8H,1H3,(H2,15,19)(H,16,17,18). The van der Waals surface area contributed by atoms with Crippen LogP contribution in [-0.4, -0.2) is 15.9 Å². The predicted molar refractivity (Wildman–Crippen MR) is 79.3 cm³/mol. The summed E-state index contributed by atoms with van der Waals surface area (Å²) in [6.07, 6.45) is 1.65. The minimum atomic E-state index is -0.180. The van der Waals surface area contributed by atoms with E-state index in [4.69, 9.17) is 18.0 Å². The molecule has 0 unspecified atom stereocenters. The van der Waals surface area contributed by atoms with Gasteiger partial charge in [-0.2, -0.15) is 0 Å². The molecule has 96 valence electrons. The molecule has 1 heterocycles. The van der Waals surface area contributed by atoms with Gasteiger partial charge in [-0.25, -0.2) is 0 Å². The van der Waals surface area contributed by atoms with Crippen LogP contribution in [0.1, 0.15) is 21.6 Å². The zero-order valence-electron chi connectivity index (χ0n) is 10.4. The minimum Gasteiger partial charge on any atom is -0.389 e. The predicted octanol–water partition coefficient (Wildman–Crippen LogP) is 2.28. The van der Waals surface area contributed by atoms with E-state index in [0.29, 0.717) is 10.6 Å². The Hall–Kier alpha value is -2.27. The summed E-state index contributed by atoms with van der Waals surface area (Å²) in [5.41, 5.74) is 8.36. The Morgan fingerprint density at radius 2 is 1.84 bits per heavy atom. The minimum absolute atomic E-state index is 0.180. The van der Waals surface area contributed by atoms with E-state index in [1.54, 1.807) is 42.6 Å². The van der Waals surface area contributed by atoms with E-state index in [1.165, 1.54) is 0 Å². The number of carbonyl (C=O) groups excluding carboxylic acids is 1. The Balaban J connectivity index is 2.14. The number of hydrogen-bond acceptors (Lipinski definition) is 3. The summed E-state index contributed by atoms with van der Waals surface area (Å²) < 4.78 is 0. The molecule has 0 fully saturated rings. The summed E-state index contributed by atoms with van der Waals surface area (Å²) in [4.78, 5) is 16.4. The Morgan fingerprint density at radius 3 is 2.42 bits per heavy atom. The third-order valence-electron chi connectivity index (χ3n) is 2.59. The van der Waals surface area contributed by atoms with Gasteiger partial charge in [-0.05, 0) is 31.2 Å². The van der Waals surface area contributed by atoms with Crippen molar-refractivity contribution >= 4 is 28.8 Å². The van der Waals surface area contributed by atoms with Gasteiger partial charge in [-0.3, -0.25) is 9.78 Å². The molecule has 0 saturated carbocycles. The number of aromatic nitrogens is 1. The second-order valence-electron chi connectivity index (χ2n) is 4.08. The van der Waals surface area contributed by atoms with Gasteiger partial charge in [-0.1, -0.05) is 24.4 Å². The molecular formula is C14H13N3OS. The Morgan fingerprint density at radius 1 is 1.21 bits per heavy atom. The van der Waals surface area contributed by atoms with Crippen LogP contribution in [-0.2, 0) is 0 Å². The molecule has 4 nitrogen and oxygen atoms in total. The van der Waals surface area contributed by atoms with Crippen LogP contribution in [0.15, 0.2) is 42.6 Å². The van der Waals surface area contributed by atoms with Gasteiger partial charge < -0.3 is 11.1 Å². The molecule has 19 heavy (non-hydrogen) atoms. The van der Waals surface area contributed by atoms with Crippen LogP contribution in [0.2, 0.25) is 0 Å². The fourth-order valence-corrected chi connectivity index (χ4v) is 1.75. The van der Waals surface area contributed by atoms with Gasteiger partial charge in [0, 0.05) is 28.7 Å². The maximum absolute atomic E-state index is 12.0. The molecule has 1 aromatic heterocycles. The first-order valence-corrected chi connectivity index (χ1v) is 6.11. The molecule has 0 aliphatic rings. The van der Waals surface area contributed by atoms with Gasteiger partial charge in [-0.15, -0.1) is 0 Å². The van der Waals surface area contributed by atoms with Crippen LogP contribution >= 0.6 is 12.2 Å². The maximum Gasteiger partial charge on any atom is 0.255 e. The molecule has 2 aromatic rings. The molecule has 0 bridgehead atoms. The molecule has 0 saturated heterocycles. The number of rotatable bonds is 3. The van der Waals surface area contributed by atoms with Crippen LogP contribution in [0.25, 0.3) is 0 Å². The normalized spacial score (nSPS) is 9.95. The molecule has 0 radical (unpaired) electrons. The number of benzene rings is 1. The Kier molecular flexibility index (Phi) is 3.87. The molecule has 5 heteroatoms. The zero-order valence-corrected chi connectivity index (χ0v) is 11.2. The van der Waals surface area contributed by atoms with E-state index < -0.39 is 0 Å². The van der Waals surface area contributed by atoms with Crippen molar-refractivity contribution in [3.8, 4) is 0 Å². The average molecular weight is 271 g/mol. The van der Waals surface area contributed by atoms with Crippen LogP contribution in [0.5, 0.6) is 0 Å². The molecule has 0 spiro atoms. The molecule has 1 aromatic carbocycles. The van der Waals surface area contributed by atoms with Crippen LogP contribution in [0, 0.1) is 6.92 Å². The number of nitrogens with zero attached hydrogens (tertiary/aromatic N) is 1. The van der Waals surface area contributed by atoms with Gasteiger partial charge in [0.05, 0.1) is 0 Å². The van der Waals surface area contributed by atoms with Gasteiger partial charge in [0.1, 0.15) is 4.99 Å². The summed E-state index contributed by atoms with van der Waals surface area (Å²) in [6, 6.07) is 10.4. The van der Waals surface area contributed by atoms with Crippen LogP contribution < -0.4 is 11.1 Å². The molecule has 2 rings (SSSR count). The third-order valence-corrected chi connectivity index (χ3v) is 2.82. The lowest BCUT2D eigenvalue weighted by atomic mass is 10.1. The molecular weight excluding hydrogens is 258 g/mol. The van der Waals surface area contributed by atoms with E-state index in [-0.39, 0.29) is 5.91 Å². The fourth-order valence-electron chi connectivity index (χ4n) is 1.61. The van der Waals surface area contributed by atoms with Crippen LogP contribution in [0.3, 0.4) is 0 Å². The number of hydrogen-bond donors (Lipinski definition) is 2. The van der Waals surface area contributed by atoms with E-state index in [9.17, 15) is 4.79 Å². The summed E-state index contributed by atoms with van der Waals surface area (Å²) in [6.45, 7) is 1.87. The molecule has 3 N–H and O–H groups in total. The van der Waals surface area contributed by atoms with Gasteiger partial charge >= 0.3 is 0 Å². The summed E-state index contributed by atoms with van der Waals surface area (Å²) in [5, 5.41) is 2.80. The lowest BCUT2D eigenvalue weighted by Crippen LogP contribution is -2.13. The van der Waals surface area contributed by atoms with Crippen LogP contribution in [0.4, 0.5) is 5.69 Å². The number of nitrogens with two attached hydrogens (primary N) is 1. The van der Waals surface area contributed by atoms with Crippen molar-refractivity contribution in [3.05, 3.63) is 59.4 Å². The number of anilines is 1. The maximum atomic E-state index is 12.0. The van der Waals surface area contributed by atoms with Crippen molar-refractivity contribution in [1.82, 2.24) is 4.98 Å². The summed E-state index contributed by atoms with van der Waals surface area (Å²) in [5.74, 6) is -0.180. The third kappa shape index (κ3) is 3.35. The first-order chi connectivity index (χ1) is 9.06. The number of thiocarbonyl (C=S) groups is 1. The summed E-state index contributed by atoms with van der Waals surface area (Å²) in [7, 11) is 0. The number of carbonyl (C=O) groups is 1. The SMILES string of the molecule is Cc1cc(NC(=O)c2ccc(C(N)=S)cc2)ccn1. The first-order valence-electron chi connectivity index (χ1n) is 5.70. The number of pyridine rings is 1. The summed E-state index contributed by atoms with van der Waals surface area (Å²) >= 11 is 4.86. The quantitative estimate of drug-likeness (QED) is 0.840. The van der Waals surface area contributed by atoms with Gasteiger partial charge in [0.15, 0.2) is 0 Å². The topological polar surface area (TPSA) is 68.0 Å². The van der Waals surface area contributed by atoms with E-state index >= 15 is 0 Å². The van der Waals surface area contributed by atoms with E-state index in [0.717, 1.165) is 16.9 Å². The largest absolute Gasteiger partial charge is 0.389 e. The molecule has 0 aliphatic heterocycles. The van der Waals surface area contributed by atoms with E-state index in [1.807, 2.05) is 6.92 Å². The second kappa shape index (κ2) is 5.58. The highest BCUT2D eigenvalue weighted by molar-refractivity contribution is 7.80. The lowest BCUT2D eigenvalue weighted by Gasteiger charge is -2.06. The molecule has 0 aliphatic carbocycles. The average Bonchev–Trinajstić information content (AvgIpc) is 2.39. The number of aryl methyl sites for hydroxylation is 1. The van der Waals surface area contributed by atoms with Crippen molar-refractivity contribution in [2.75, 3.05) is 5.32 Å². The Bertz CT molecular complexity index is 623. The highest BCUT2D eigenvalue weighted by atomic mass is 32.1. The van der Waals surface area contributed by atoms with Gasteiger partial charge in [0.25, 0.3) is 5.91 Å². The van der Waals surface area contributed by atoms with E-state index in [2.05, 4.69) is 10.3 Å². The zero-order chi connectivity index (χ0) is 13.8. The highest BCUT2D eigenvalue weighted by Crippen LogP contribution is 2.10. The Labute approximate surface area is 116 Å². The second-order valence-corrected chi connectivity index (χ2v) is 4.52. The van der Waals surface area contributed by atoms with Crippen molar-refractivity contribution in [3.63, 3.8) is 0 Å². The monoisotopic (exact) mass is 271 g/mol. The highest BCUT2D eigenvalue weighted by Gasteiger charge is 2.06. The molecule has 1 amide bonds. The fraction of sp³-hybridized carbons (Fsp3) is 0.0714. The van der Waals surface area contributed by atoms with Gasteiger partial charge in [0.2, 0.25) is 0 Å². The molecule has 0 atom stereocenters. The first kappa shape index (κ1) is 13.2. The van der Waals surface area contributed by atoms with Crippen molar-refractivity contribution in [2.24, 2.45) is 5.73 Å².